The van der Waals surface area contributed by atoms with Crippen LogP contribution in [0.1, 0.15) is 22.3 Å². The molecule has 1 aromatic carbocycles. The fourth-order valence-corrected chi connectivity index (χ4v) is 4.97. The summed E-state index contributed by atoms with van der Waals surface area (Å²) in [6, 6.07) is 0. The molecule has 0 unspecified atom stereocenters. The minimum absolute atomic E-state index is 0. The maximum Gasteiger partial charge on any atom is 4.00 e. The quantitative estimate of drug-likeness (QED) is 0.331. The summed E-state index contributed by atoms with van der Waals surface area (Å²) < 4.78 is 0. The second kappa shape index (κ2) is 9.26. The van der Waals surface area contributed by atoms with Gasteiger partial charge in [0.05, 0.1) is 8.07 Å². The second-order valence-electron chi connectivity index (χ2n) is 5.12. The van der Waals surface area contributed by atoms with E-state index in [2.05, 4.69) is 47.3 Å². The summed E-state index contributed by atoms with van der Waals surface area (Å²) in [5, 5.41) is 1.68. The van der Waals surface area contributed by atoms with Gasteiger partial charge in [0.25, 0.3) is 0 Å². The Hall–Kier alpha value is 1.32. The first-order chi connectivity index (χ1) is 5.76. The molecule has 0 amide bonds. The summed E-state index contributed by atoms with van der Waals surface area (Å²) in [4.78, 5) is 0. The summed E-state index contributed by atoms with van der Waals surface area (Å²) >= 11 is 0. The number of hydrogen-bond donors (Lipinski definition) is 0. The van der Waals surface area contributed by atoms with Gasteiger partial charge in [-0.15, -0.1) is 0 Å². The first kappa shape index (κ1) is 26.8. The molecule has 1 rings (SSSR count). The van der Waals surface area contributed by atoms with Gasteiger partial charge in [0, 0.05) is 0 Å². The summed E-state index contributed by atoms with van der Waals surface area (Å²) in [5.41, 5.74) is 6.12. The molecule has 1 aromatic rings. The summed E-state index contributed by atoms with van der Waals surface area (Å²) in [5.74, 6) is 0. The molecule has 0 saturated carbocycles. The van der Waals surface area contributed by atoms with Crippen molar-refractivity contribution in [3.63, 3.8) is 0 Å². The average Bonchev–Trinajstić information content (AvgIpc) is 2.14. The molecule has 0 saturated heterocycles. The molecule has 0 aromatic heterocycles. The fourth-order valence-electron chi connectivity index (χ4n) is 2.34. The third-order valence-electron chi connectivity index (χ3n) is 3.19. The van der Waals surface area contributed by atoms with Gasteiger partial charge < -0.3 is 37.2 Å². The molecule has 0 heterocycles. The maximum absolute atomic E-state index is 2.43. The van der Waals surface area contributed by atoms with Crippen molar-refractivity contribution in [2.75, 3.05) is 0 Å². The molecule has 17 heavy (non-hydrogen) atoms. The molecular formula is C12H21Cl3SiZr. The predicted octanol–water partition coefficient (Wildman–Crippen LogP) is -5.81. The maximum atomic E-state index is 2.43. The van der Waals surface area contributed by atoms with Crippen LogP contribution in [0.5, 0.6) is 0 Å². The Morgan fingerprint density at radius 2 is 1.18 bits per heavy atom. The Morgan fingerprint density at radius 3 is 1.29 bits per heavy atom. The molecule has 0 N–H and O–H groups in total. The molecule has 0 bridgehead atoms. The van der Waals surface area contributed by atoms with Gasteiger partial charge in [0.1, 0.15) is 0 Å². The molecule has 0 fully saturated rings. The van der Waals surface area contributed by atoms with Gasteiger partial charge in [-0.2, -0.15) is 27.4 Å². The Bertz CT molecular complexity index is 315. The number of hydrogen-bond acceptors (Lipinski definition) is 0. The van der Waals surface area contributed by atoms with Crippen LogP contribution in [0.4, 0.5) is 0 Å². The van der Waals surface area contributed by atoms with Crippen molar-refractivity contribution in [3.8, 4) is 0 Å². The molecule has 0 radical (unpaired) electrons. The fraction of sp³-hybridized carbons (Fsp3) is 0.583. The molecule has 0 aliphatic rings. The zero-order valence-electron chi connectivity index (χ0n) is 11.6. The van der Waals surface area contributed by atoms with Gasteiger partial charge in [0.2, 0.25) is 0 Å². The minimum Gasteiger partial charge on any atom is -1.00 e. The van der Waals surface area contributed by atoms with Crippen LogP contribution in [0.3, 0.4) is 0 Å². The SMILES string of the molecule is Cc1c(C)c([Si](C)(C)C)[c-](C)c1C.[Cl-].[Cl-].[Cl-].[Zr+4]. The third-order valence-corrected chi connectivity index (χ3v) is 5.44. The van der Waals surface area contributed by atoms with E-state index in [0.29, 0.717) is 0 Å². The molecule has 5 heteroatoms. The van der Waals surface area contributed by atoms with Gasteiger partial charge in [-0.25, -0.2) is 0 Å². The van der Waals surface area contributed by atoms with Crippen LogP contribution in [-0.2, 0) is 26.2 Å². The summed E-state index contributed by atoms with van der Waals surface area (Å²) in [7, 11) is -1.13. The van der Waals surface area contributed by atoms with E-state index in [1.54, 1.807) is 16.3 Å². The van der Waals surface area contributed by atoms with E-state index in [9.17, 15) is 0 Å². The predicted molar refractivity (Wildman–Crippen MR) is 64.0 cm³/mol. The van der Waals surface area contributed by atoms with Crippen LogP contribution < -0.4 is 42.4 Å². The molecule has 0 aliphatic heterocycles. The topological polar surface area (TPSA) is 0 Å². The average molecular weight is 391 g/mol. The summed E-state index contributed by atoms with van der Waals surface area (Å²) in [6.07, 6.45) is 0. The van der Waals surface area contributed by atoms with E-state index in [1.165, 1.54) is 11.1 Å². The van der Waals surface area contributed by atoms with E-state index in [0.717, 1.165) is 0 Å². The Morgan fingerprint density at radius 1 is 0.824 bits per heavy atom. The Balaban J connectivity index is -0.000000211. The van der Waals surface area contributed by atoms with Crippen LogP contribution in [0.15, 0.2) is 0 Å². The van der Waals surface area contributed by atoms with Crippen molar-refractivity contribution in [1.82, 2.24) is 0 Å². The first-order valence-electron chi connectivity index (χ1n) is 5.00. The van der Waals surface area contributed by atoms with Gasteiger partial charge >= 0.3 is 26.2 Å². The number of halogens is 3. The van der Waals surface area contributed by atoms with Crippen LogP contribution in [0.2, 0.25) is 19.6 Å². The smallest absolute Gasteiger partial charge is 1.00 e. The standard InChI is InChI=1S/C12H21Si.3ClH.Zr/c1-8-9(2)11(4)12(10(8)3)13(5,6)7;;;;/h1-7H3;3*1H;/q-1;;;;+4/p-3. The normalized spacial score (nSPS) is 9.35. The molecule has 0 aliphatic carbocycles. The summed E-state index contributed by atoms with van der Waals surface area (Å²) in [6.45, 7) is 16.4. The van der Waals surface area contributed by atoms with Crippen LogP contribution >= 0.6 is 0 Å². The van der Waals surface area contributed by atoms with E-state index in [1.807, 2.05) is 0 Å². The van der Waals surface area contributed by atoms with E-state index in [4.69, 9.17) is 0 Å². The largest absolute Gasteiger partial charge is 4.00 e. The van der Waals surface area contributed by atoms with Gasteiger partial charge in [-0.05, 0) is 0 Å². The molecule has 0 atom stereocenters. The van der Waals surface area contributed by atoms with Gasteiger partial charge in [-0.1, -0.05) is 47.3 Å². The molecule has 0 nitrogen and oxygen atoms in total. The van der Waals surface area contributed by atoms with Crippen molar-refractivity contribution in [2.45, 2.75) is 47.3 Å². The molecule has 0 spiro atoms. The van der Waals surface area contributed by atoms with Crippen molar-refractivity contribution in [3.05, 3.63) is 22.3 Å². The van der Waals surface area contributed by atoms with Crippen molar-refractivity contribution >= 4 is 13.3 Å². The third kappa shape index (κ3) is 5.45. The van der Waals surface area contributed by atoms with Crippen molar-refractivity contribution in [1.29, 1.82) is 0 Å². The van der Waals surface area contributed by atoms with Crippen LogP contribution in [-0.4, -0.2) is 8.07 Å². The second-order valence-corrected chi connectivity index (χ2v) is 10.1. The first-order valence-corrected chi connectivity index (χ1v) is 8.50. The van der Waals surface area contributed by atoms with Crippen molar-refractivity contribution < 1.29 is 63.4 Å². The zero-order chi connectivity index (χ0) is 10.4. The van der Waals surface area contributed by atoms with Gasteiger partial charge in [-0.3, -0.25) is 0 Å². The Labute approximate surface area is 145 Å². The van der Waals surface area contributed by atoms with Crippen molar-refractivity contribution in [2.24, 2.45) is 0 Å². The van der Waals surface area contributed by atoms with Crippen LogP contribution in [0, 0.1) is 27.7 Å². The van der Waals surface area contributed by atoms with E-state index < -0.39 is 8.07 Å². The number of rotatable bonds is 1. The van der Waals surface area contributed by atoms with Crippen LogP contribution in [0.25, 0.3) is 0 Å². The Kier molecular flexibility index (Phi) is 14.6. The molecule has 98 valence electrons. The van der Waals surface area contributed by atoms with E-state index in [-0.39, 0.29) is 63.4 Å². The van der Waals surface area contributed by atoms with Gasteiger partial charge in [0.15, 0.2) is 0 Å². The minimum atomic E-state index is -1.13. The zero-order valence-corrected chi connectivity index (χ0v) is 17.4. The molecular weight excluding hydrogens is 370 g/mol. The van der Waals surface area contributed by atoms with E-state index >= 15 is 0 Å². The monoisotopic (exact) mass is 388 g/mol.